The van der Waals surface area contributed by atoms with Gasteiger partial charge in [-0.05, 0) is 31.2 Å². The number of ether oxygens (including phenoxy) is 2. The molecule has 0 atom stereocenters. The van der Waals surface area contributed by atoms with Gasteiger partial charge < -0.3 is 15.2 Å². The highest BCUT2D eigenvalue weighted by Gasteiger charge is 2.18. The number of imidazole rings is 1. The fraction of sp³-hybridized carbons (Fsp3) is 0.192. The lowest BCUT2D eigenvalue weighted by molar-refractivity contribution is 0.306. The Morgan fingerprint density at radius 2 is 1.83 bits per heavy atom. The molecule has 3 heterocycles. The first-order valence-corrected chi connectivity index (χ1v) is 11.9. The van der Waals surface area contributed by atoms with Gasteiger partial charge >= 0.3 is 0 Å². The molecule has 0 bridgehead atoms. The van der Waals surface area contributed by atoms with Crippen LogP contribution in [0.3, 0.4) is 0 Å². The predicted molar refractivity (Wildman–Crippen MR) is 135 cm³/mol. The van der Waals surface area contributed by atoms with Crippen molar-refractivity contribution in [3.05, 3.63) is 82.6 Å². The van der Waals surface area contributed by atoms with E-state index in [0.29, 0.717) is 29.7 Å². The van der Waals surface area contributed by atoms with Crippen LogP contribution in [-0.4, -0.2) is 19.4 Å². The smallest absolute Gasteiger partial charge is 0.150 e. The quantitative estimate of drug-likeness (QED) is 0.286. The molecular weight excluding hydrogens is 465 g/mol. The number of rotatable bonds is 7. The number of nitrogen functional groups attached to an aromatic ring is 1. The normalized spacial score (nSPS) is 11.3. The van der Waals surface area contributed by atoms with Crippen LogP contribution in [0.15, 0.2) is 61.1 Å². The molecule has 0 aliphatic carbocycles. The summed E-state index contributed by atoms with van der Waals surface area (Å²) in [5.74, 6) is 2.39. The third-order valence-corrected chi connectivity index (χ3v) is 6.27. The maximum absolute atomic E-state index is 14.2. The predicted octanol–water partition coefficient (Wildman–Crippen LogP) is 6.38. The minimum atomic E-state index is -0.441. The summed E-state index contributed by atoms with van der Waals surface area (Å²) in [7, 11) is 0. The number of nitrogens with zero attached hydrogens (tertiary/aromatic N) is 4. The molecule has 0 aliphatic rings. The standard InChI is InChI=1S/C26H24FN5O2S/c1-15(2)26-31-23(24-25(28)29-8-9-32(24)26)17-4-6-19(7-5-17)34-21-11-18(27)10-20(12-21)33-14-22-13-30-16(3)35-22/h4-13,15H,14H2,1-3H3,(H2,28,29). The summed E-state index contributed by atoms with van der Waals surface area (Å²) in [6.45, 7) is 6.42. The first-order valence-electron chi connectivity index (χ1n) is 11.1. The zero-order valence-corrected chi connectivity index (χ0v) is 20.3. The van der Waals surface area contributed by atoms with Crippen LogP contribution in [0.25, 0.3) is 16.8 Å². The number of aryl methyl sites for hydroxylation is 1. The van der Waals surface area contributed by atoms with Crippen LogP contribution >= 0.6 is 11.3 Å². The van der Waals surface area contributed by atoms with E-state index in [1.165, 1.54) is 12.1 Å². The van der Waals surface area contributed by atoms with E-state index >= 15 is 0 Å². The van der Waals surface area contributed by atoms with Crippen molar-refractivity contribution in [3.63, 3.8) is 0 Å². The highest BCUT2D eigenvalue weighted by molar-refractivity contribution is 7.11. The Balaban J connectivity index is 1.37. The maximum atomic E-state index is 14.2. The summed E-state index contributed by atoms with van der Waals surface area (Å²) in [4.78, 5) is 14.2. The van der Waals surface area contributed by atoms with E-state index in [1.807, 2.05) is 41.8 Å². The lowest BCUT2D eigenvalue weighted by atomic mass is 10.1. The number of hydrogen-bond acceptors (Lipinski definition) is 7. The van der Waals surface area contributed by atoms with Gasteiger partial charge in [-0.1, -0.05) is 13.8 Å². The second-order valence-electron chi connectivity index (χ2n) is 8.39. The zero-order chi connectivity index (χ0) is 24.5. The average Bonchev–Trinajstić information content (AvgIpc) is 3.42. The van der Waals surface area contributed by atoms with Crippen molar-refractivity contribution in [2.75, 3.05) is 5.73 Å². The van der Waals surface area contributed by atoms with Crippen molar-refractivity contribution < 1.29 is 13.9 Å². The molecule has 0 saturated heterocycles. The summed E-state index contributed by atoms with van der Waals surface area (Å²) in [5, 5.41) is 0.957. The molecule has 3 aromatic heterocycles. The van der Waals surface area contributed by atoms with E-state index in [0.717, 1.165) is 32.5 Å². The van der Waals surface area contributed by atoms with Crippen molar-refractivity contribution >= 4 is 22.7 Å². The number of fused-ring (bicyclic) bond motifs is 1. The highest BCUT2D eigenvalue weighted by atomic mass is 32.1. The fourth-order valence-electron chi connectivity index (χ4n) is 3.82. The van der Waals surface area contributed by atoms with E-state index in [1.54, 1.807) is 29.8 Å². The van der Waals surface area contributed by atoms with Crippen LogP contribution in [0.1, 0.15) is 35.5 Å². The molecule has 5 rings (SSSR count). The number of nitrogens with two attached hydrogens (primary N) is 1. The van der Waals surface area contributed by atoms with Crippen molar-refractivity contribution in [1.29, 1.82) is 0 Å². The zero-order valence-electron chi connectivity index (χ0n) is 19.5. The van der Waals surface area contributed by atoms with E-state index in [-0.39, 0.29) is 5.92 Å². The molecule has 35 heavy (non-hydrogen) atoms. The van der Waals surface area contributed by atoms with Crippen LogP contribution in [0.2, 0.25) is 0 Å². The minimum absolute atomic E-state index is 0.213. The molecule has 0 saturated carbocycles. The van der Waals surface area contributed by atoms with Gasteiger partial charge in [0.15, 0.2) is 0 Å². The van der Waals surface area contributed by atoms with Gasteiger partial charge in [-0.3, -0.25) is 4.40 Å². The third-order valence-electron chi connectivity index (χ3n) is 5.39. The maximum Gasteiger partial charge on any atom is 0.150 e. The molecule has 0 unspecified atom stereocenters. The van der Waals surface area contributed by atoms with E-state index in [4.69, 9.17) is 20.2 Å². The van der Waals surface area contributed by atoms with Crippen molar-refractivity contribution in [3.8, 4) is 28.5 Å². The second-order valence-corrected chi connectivity index (χ2v) is 9.71. The third kappa shape index (κ3) is 4.81. The number of hydrogen-bond donors (Lipinski definition) is 1. The lowest BCUT2D eigenvalue weighted by Crippen LogP contribution is -1.99. The van der Waals surface area contributed by atoms with Crippen molar-refractivity contribution in [1.82, 2.24) is 19.4 Å². The molecular formula is C26H24FN5O2S. The lowest BCUT2D eigenvalue weighted by Gasteiger charge is -2.10. The van der Waals surface area contributed by atoms with Gasteiger partial charge in [-0.25, -0.2) is 19.3 Å². The van der Waals surface area contributed by atoms with Crippen molar-refractivity contribution in [2.45, 2.75) is 33.3 Å². The molecule has 9 heteroatoms. The number of thiazole rings is 1. The Morgan fingerprint density at radius 3 is 2.54 bits per heavy atom. The van der Waals surface area contributed by atoms with E-state index < -0.39 is 5.82 Å². The van der Waals surface area contributed by atoms with Crippen LogP contribution < -0.4 is 15.2 Å². The minimum Gasteiger partial charge on any atom is -0.488 e. The van der Waals surface area contributed by atoms with Gasteiger partial charge in [-0.2, -0.15) is 0 Å². The van der Waals surface area contributed by atoms with Crippen LogP contribution in [0, 0.1) is 12.7 Å². The summed E-state index contributed by atoms with van der Waals surface area (Å²) >= 11 is 1.54. The van der Waals surface area contributed by atoms with E-state index in [9.17, 15) is 4.39 Å². The summed E-state index contributed by atoms with van der Waals surface area (Å²) in [6.07, 6.45) is 5.30. The van der Waals surface area contributed by atoms with Gasteiger partial charge in [0.1, 0.15) is 52.5 Å². The Kier molecular flexibility index (Phi) is 6.08. The molecule has 5 aromatic rings. The molecule has 178 valence electrons. The number of aromatic nitrogens is 4. The number of anilines is 1. The first-order chi connectivity index (χ1) is 16.9. The SMILES string of the molecule is Cc1ncc(COc2cc(F)cc(Oc3ccc(-c4nc(C(C)C)n5ccnc(N)c45)cc3)c2)s1. The summed E-state index contributed by atoms with van der Waals surface area (Å²) in [5.41, 5.74) is 8.59. The molecule has 0 amide bonds. The van der Waals surface area contributed by atoms with Gasteiger partial charge in [0.25, 0.3) is 0 Å². The van der Waals surface area contributed by atoms with Crippen molar-refractivity contribution in [2.24, 2.45) is 0 Å². The topological polar surface area (TPSA) is 87.6 Å². The molecule has 2 aromatic carbocycles. The van der Waals surface area contributed by atoms with Crippen LogP contribution in [-0.2, 0) is 6.61 Å². The molecule has 0 spiro atoms. The Hall–Kier alpha value is -3.98. The fourth-order valence-corrected chi connectivity index (χ4v) is 4.53. The molecule has 2 N–H and O–H groups in total. The average molecular weight is 490 g/mol. The largest absolute Gasteiger partial charge is 0.488 e. The molecule has 0 fully saturated rings. The first kappa shape index (κ1) is 22.8. The molecule has 0 aliphatic heterocycles. The van der Waals surface area contributed by atoms with Gasteiger partial charge in [0.05, 0.1) is 9.88 Å². The van der Waals surface area contributed by atoms with Gasteiger partial charge in [-0.15, -0.1) is 11.3 Å². The number of halogens is 1. The molecule has 7 nitrogen and oxygen atoms in total. The second kappa shape index (κ2) is 9.34. The Bertz CT molecular complexity index is 1490. The molecule has 0 radical (unpaired) electrons. The number of benzene rings is 2. The van der Waals surface area contributed by atoms with Crippen LogP contribution in [0.4, 0.5) is 10.2 Å². The van der Waals surface area contributed by atoms with Crippen LogP contribution in [0.5, 0.6) is 17.2 Å². The monoisotopic (exact) mass is 489 g/mol. The van der Waals surface area contributed by atoms with Gasteiger partial charge in [0, 0.05) is 48.3 Å². The Morgan fingerprint density at radius 1 is 1.06 bits per heavy atom. The summed E-state index contributed by atoms with van der Waals surface area (Å²) < 4.78 is 27.8. The van der Waals surface area contributed by atoms with E-state index in [2.05, 4.69) is 23.8 Å². The Labute approximate surface area is 206 Å². The van der Waals surface area contributed by atoms with Gasteiger partial charge in [0.2, 0.25) is 0 Å². The summed E-state index contributed by atoms with van der Waals surface area (Å²) in [6, 6.07) is 11.7. The highest BCUT2D eigenvalue weighted by Crippen LogP contribution is 2.33.